The third-order valence-corrected chi connectivity index (χ3v) is 7.23. The molecule has 152 valence electrons. The van der Waals surface area contributed by atoms with Crippen LogP contribution < -0.4 is 15.0 Å². The molecule has 1 N–H and O–H groups in total. The van der Waals surface area contributed by atoms with Crippen LogP contribution in [-0.2, 0) is 19.9 Å². The van der Waals surface area contributed by atoms with Crippen LogP contribution >= 0.6 is 0 Å². The molecule has 4 heterocycles. The summed E-state index contributed by atoms with van der Waals surface area (Å²) in [5.74, 6) is -1.28. The summed E-state index contributed by atoms with van der Waals surface area (Å²) in [6.07, 6.45) is 1.73. The van der Waals surface area contributed by atoms with E-state index >= 15 is 0 Å². The van der Waals surface area contributed by atoms with Crippen molar-refractivity contribution in [2.75, 3.05) is 23.9 Å². The molecular formula is C23H21N3O4. The van der Waals surface area contributed by atoms with Gasteiger partial charge < -0.3 is 10.1 Å². The third-order valence-electron chi connectivity index (χ3n) is 7.23. The lowest BCUT2D eigenvalue weighted by atomic mass is 9.75. The fourth-order valence-electron chi connectivity index (χ4n) is 6.14. The van der Waals surface area contributed by atoms with Crippen LogP contribution in [0, 0.1) is 11.8 Å². The highest BCUT2D eigenvalue weighted by Gasteiger charge is 2.74. The molecule has 2 aromatic rings. The number of nitrogens with zero attached hydrogens (tertiary/aromatic N) is 2. The summed E-state index contributed by atoms with van der Waals surface area (Å²) in [4.78, 5) is 44.2. The van der Waals surface area contributed by atoms with E-state index in [9.17, 15) is 14.4 Å². The number of hydrogen-bond acceptors (Lipinski definition) is 5. The molecule has 0 saturated carbocycles. The van der Waals surface area contributed by atoms with Gasteiger partial charge in [-0.05, 0) is 49.7 Å². The van der Waals surface area contributed by atoms with Gasteiger partial charge in [-0.1, -0.05) is 18.2 Å². The monoisotopic (exact) mass is 403 g/mol. The van der Waals surface area contributed by atoms with Crippen molar-refractivity contribution >= 4 is 29.1 Å². The molecule has 0 radical (unpaired) electrons. The van der Waals surface area contributed by atoms with Crippen molar-refractivity contribution in [3.63, 3.8) is 0 Å². The Morgan fingerprint density at radius 1 is 1.03 bits per heavy atom. The van der Waals surface area contributed by atoms with Crippen LogP contribution in [0.15, 0.2) is 48.5 Å². The number of amides is 3. The van der Waals surface area contributed by atoms with Gasteiger partial charge in [0.2, 0.25) is 17.7 Å². The van der Waals surface area contributed by atoms with Crippen molar-refractivity contribution in [2.45, 2.75) is 24.4 Å². The van der Waals surface area contributed by atoms with Gasteiger partial charge in [-0.15, -0.1) is 0 Å². The molecule has 0 aliphatic carbocycles. The predicted octanol–water partition coefficient (Wildman–Crippen LogP) is 2.13. The van der Waals surface area contributed by atoms with E-state index < -0.39 is 17.4 Å². The van der Waals surface area contributed by atoms with Crippen molar-refractivity contribution in [3.8, 4) is 5.75 Å². The first-order chi connectivity index (χ1) is 14.6. The summed E-state index contributed by atoms with van der Waals surface area (Å²) < 4.78 is 5.20. The van der Waals surface area contributed by atoms with Crippen LogP contribution in [0.25, 0.3) is 0 Å². The molecule has 1 spiro atoms. The van der Waals surface area contributed by atoms with Crippen LogP contribution in [0.1, 0.15) is 18.4 Å². The average molecular weight is 403 g/mol. The summed E-state index contributed by atoms with van der Waals surface area (Å²) in [5, 5.41) is 2.98. The van der Waals surface area contributed by atoms with Crippen LogP contribution in [0.2, 0.25) is 0 Å². The molecule has 4 aliphatic rings. The summed E-state index contributed by atoms with van der Waals surface area (Å²) in [7, 11) is 1.57. The minimum atomic E-state index is -1.11. The zero-order chi connectivity index (χ0) is 20.6. The van der Waals surface area contributed by atoms with E-state index in [4.69, 9.17) is 4.74 Å². The minimum absolute atomic E-state index is 0.105. The second kappa shape index (κ2) is 5.92. The molecular weight excluding hydrogens is 382 g/mol. The number of anilines is 2. The zero-order valence-corrected chi connectivity index (χ0v) is 16.5. The van der Waals surface area contributed by atoms with Gasteiger partial charge in [0.15, 0.2) is 0 Å². The number of carbonyl (C=O) groups is 3. The first-order valence-corrected chi connectivity index (χ1v) is 10.3. The third kappa shape index (κ3) is 1.91. The topological polar surface area (TPSA) is 79.0 Å². The fraction of sp³-hybridized carbons (Fsp3) is 0.348. The number of imide groups is 1. The lowest BCUT2D eigenvalue weighted by molar-refractivity contribution is -0.135. The van der Waals surface area contributed by atoms with Gasteiger partial charge in [0.05, 0.1) is 24.6 Å². The van der Waals surface area contributed by atoms with E-state index in [1.165, 1.54) is 4.90 Å². The Morgan fingerprint density at radius 2 is 1.80 bits per heavy atom. The molecule has 7 heteroatoms. The van der Waals surface area contributed by atoms with Gasteiger partial charge in [-0.2, -0.15) is 0 Å². The highest BCUT2D eigenvalue weighted by atomic mass is 16.5. The Balaban J connectivity index is 1.52. The first-order valence-electron chi connectivity index (χ1n) is 10.3. The van der Waals surface area contributed by atoms with Gasteiger partial charge >= 0.3 is 0 Å². The number of methoxy groups -OCH3 is 1. The molecule has 3 amide bonds. The van der Waals surface area contributed by atoms with Crippen LogP contribution in [-0.4, -0.2) is 42.3 Å². The number of nitrogens with one attached hydrogen (secondary N) is 1. The number of ether oxygens (including phenoxy) is 1. The number of para-hydroxylation sites is 1. The van der Waals surface area contributed by atoms with E-state index in [0.717, 1.165) is 24.1 Å². The van der Waals surface area contributed by atoms with Gasteiger partial charge in [-0.25, -0.2) is 4.90 Å². The quantitative estimate of drug-likeness (QED) is 0.778. The largest absolute Gasteiger partial charge is 0.497 e. The number of rotatable bonds is 2. The Labute approximate surface area is 173 Å². The SMILES string of the molecule is COc1ccc(N2C(=O)[C@@H]3[C@H]4CCCN4[C@@]4(C(=O)Nc5ccccc54)[C@@H]3C2=O)cc1. The maximum Gasteiger partial charge on any atom is 0.250 e. The molecule has 4 aliphatic heterocycles. The molecule has 3 fully saturated rings. The molecule has 30 heavy (non-hydrogen) atoms. The average Bonchev–Trinajstić information content (AvgIpc) is 3.46. The Morgan fingerprint density at radius 3 is 2.57 bits per heavy atom. The molecule has 7 nitrogen and oxygen atoms in total. The van der Waals surface area contributed by atoms with Crippen molar-refractivity contribution in [2.24, 2.45) is 11.8 Å². The highest BCUT2D eigenvalue weighted by Crippen LogP contribution is 2.60. The number of benzene rings is 2. The molecule has 0 aromatic heterocycles. The van der Waals surface area contributed by atoms with Crippen molar-refractivity contribution in [1.82, 2.24) is 4.90 Å². The van der Waals surface area contributed by atoms with E-state index in [1.54, 1.807) is 31.4 Å². The summed E-state index contributed by atoms with van der Waals surface area (Å²) in [6, 6.07) is 14.3. The van der Waals surface area contributed by atoms with Crippen LogP contribution in [0.5, 0.6) is 5.75 Å². The van der Waals surface area contributed by atoms with Crippen molar-refractivity contribution in [1.29, 1.82) is 0 Å². The number of carbonyl (C=O) groups excluding carboxylic acids is 3. The molecule has 0 unspecified atom stereocenters. The smallest absolute Gasteiger partial charge is 0.250 e. The molecule has 3 saturated heterocycles. The maximum absolute atomic E-state index is 13.8. The second-order valence-electron chi connectivity index (χ2n) is 8.38. The number of hydrogen-bond donors (Lipinski definition) is 1. The molecule has 4 atom stereocenters. The van der Waals surface area contributed by atoms with E-state index in [-0.39, 0.29) is 23.8 Å². The van der Waals surface area contributed by atoms with Crippen LogP contribution in [0.3, 0.4) is 0 Å². The second-order valence-corrected chi connectivity index (χ2v) is 8.38. The lowest BCUT2D eigenvalue weighted by Crippen LogP contribution is -2.54. The van der Waals surface area contributed by atoms with E-state index in [0.29, 0.717) is 18.0 Å². The first kappa shape index (κ1) is 17.7. The standard InChI is InChI=1S/C23H21N3O4/c1-30-14-10-8-13(9-11-14)26-20(27)18-17-7-4-12-25(17)23(19(18)21(26)28)15-5-2-3-6-16(15)24-22(23)29/h2-3,5-6,8-11,17-19H,4,7,12H2,1H3,(H,24,29)/t17-,18-,19+,23-/m1/s1. The molecule has 6 rings (SSSR count). The molecule has 0 bridgehead atoms. The van der Waals surface area contributed by atoms with Crippen LogP contribution in [0.4, 0.5) is 11.4 Å². The van der Waals surface area contributed by atoms with Gasteiger partial charge in [0.25, 0.3) is 0 Å². The summed E-state index contributed by atoms with van der Waals surface area (Å²) >= 11 is 0. The minimum Gasteiger partial charge on any atom is -0.497 e. The Hall–Kier alpha value is -3.19. The normalized spacial score (nSPS) is 31.8. The maximum atomic E-state index is 13.8. The van der Waals surface area contributed by atoms with Gasteiger partial charge in [0.1, 0.15) is 11.3 Å². The highest BCUT2D eigenvalue weighted by molar-refractivity contribution is 6.25. The van der Waals surface area contributed by atoms with Gasteiger partial charge in [-0.3, -0.25) is 19.3 Å². The number of fused-ring (bicyclic) bond motifs is 7. The molecule has 2 aromatic carbocycles. The lowest BCUT2D eigenvalue weighted by Gasteiger charge is -2.36. The van der Waals surface area contributed by atoms with Crippen molar-refractivity contribution in [3.05, 3.63) is 54.1 Å². The predicted molar refractivity (Wildman–Crippen MR) is 109 cm³/mol. The van der Waals surface area contributed by atoms with E-state index in [2.05, 4.69) is 10.2 Å². The van der Waals surface area contributed by atoms with Gasteiger partial charge in [0, 0.05) is 17.3 Å². The van der Waals surface area contributed by atoms with Crippen molar-refractivity contribution < 1.29 is 19.1 Å². The Bertz CT molecular complexity index is 1100. The zero-order valence-electron chi connectivity index (χ0n) is 16.5. The Kier molecular flexibility index (Phi) is 3.48. The summed E-state index contributed by atoms with van der Waals surface area (Å²) in [6.45, 7) is 0.711. The van der Waals surface area contributed by atoms with E-state index in [1.807, 2.05) is 24.3 Å². The summed E-state index contributed by atoms with van der Waals surface area (Å²) in [5.41, 5.74) is 0.951. The fourth-order valence-corrected chi connectivity index (χ4v) is 6.14.